The molecule has 1 saturated heterocycles. The van der Waals surface area contributed by atoms with Crippen molar-refractivity contribution >= 4 is 5.97 Å². The zero-order valence-corrected chi connectivity index (χ0v) is 15.7. The predicted octanol–water partition coefficient (Wildman–Crippen LogP) is 2.56. The van der Waals surface area contributed by atoms with Gasteiger partial charge in [-0.2, -0.15) is 0 Å². The summed E-state index contributed by atoms with van der Waals surface area (Å²) in [6.07, 6.45) is 10.1. The van der Waals surface area contributed by atoms with Gasteiger partial charge in [-0.1, -0.05) is 44.1 Å². The van der Waals surface area contributed by atoms with Gasteiger partial charge in [0.25, 0.3) is 0 Å². The molecule has 0 saturated carbocycles. The van der Waals surface area contributed by atoms with Gasteiger partial charge in [-0.15, -0.1) is 0 Å². The molecule has 0 aliphatic carbocycles. The Labute approximate surface area is 156 Å². The summed E-state index contributed by atoms with van der Waals surface area (Å²) in [5.74, 6) is -0.870. The van der Waals surface area contributed by atoms with E-state index in [4.69, 9.17) is 9.84 Å². The lowest BCUT2D eigenvalue weighted by Crippen LogP contribution is -2.25. The van der Waals surface area contributed by atoms with Crippen LogP contribution in [0.25, 0.3) is 0 Å². The van der Waals surface area contributed by atoms with E-state index in [1.165, 1.54) is 18.9 Å². The third kappa shape index (κ3) is 9.48. The Bertz CT molecular complexity index is 448. The first kappa shape index (κ1) is 22.8. The minimum Gasteiger partial charge on any atom is -0.481 e. The van der Waals surface area contributed by atoms with Crippen LogP contribution in [0.15, 0.2) is 24.3 Å². The van der Waals surface area contributed by atoms with Crippen molar-refractivity contribution < 1.29 is 30.0 Å². The standard InChI is InChI=1S/C20H34O6/c1-2-3-4-5-6-7-9-15(21)12-13-16(22)19-14-17(23)18(26-19)10-8-11-20(24)25/h6-7,12-13,15-19,21-23H,2-5,8-11,14H2,1H3,(H,24,25)/b7-6-,13-12-/t15-,16+,17-,18-,19-/m0/s1. The maximum atomic E-state index is 10.5. The second-order valence-corrected chi connectivity index (χ2v) is 6.95. The Morgan fingerprint density at radius 1 is 1.19 bits per heavy atom. The summed E-state index contributed by atoms with van der Waals surface area (Å²) in [4.78, 5) is 10.5. The molecule has 0 aromatic heterocycles. The van der Waals surface area contributed by atoms with Crippen molar-refractivity contribution in [3.05, 3.63) is 24.3 Å². The topological polar surface area (TPSA) is 107 Å². The number of ether oxygens (including phenoxy) is 1. The van der Waals surface area contributed by atoms with Crippen molar-refractivity contribution in [2.45, 2.75) is 95.2 Å². The van der Waals surface area contributed by atoms with Crippen LogP contribution in [-0.4, -0.2) is 56.9 Å². The molecule has 0 radical (unpaired) electrons. The van der Waals surface area contributed by atoms with Crippen molar-refractivity contribution in [1.82, 2.24) is 0 Å². The minimum atomic E-state index is -0.905. The third-order valence-electron chi connectivity index (χ3n) is 4.56. The number of unbranched alkanes of at least 4 members (excludes halogenated alkanes) is 3. The summed E-state index contributed by atoms with van der Waals surface area (Å²) in [6.45, 7) is 2.16. The van der Waals surface area contributed by atoms with E-state index in [9.17, 15) is 20.1 Å². The van der Waals surface area contributed by atoms with Gasteiger partial charge in [0.1, 0.15) is 0 Å². The van der Waals surface area contributed by atoms with Crippen molar-refractivity contribution in [1.29, 1.82) is 0 Å². The highest BCUT2D eigenvalue weighted by Gasteiger charge is 2.36. The van der Waals surface area contributed by atoms with Gasteiger partial charge < -0.3 is 25.2 Å². The molecule has 6 nitrogen and oxygen atoms in total. The highest BCUT2D eigenvalue weighted by Crippen LogP contribution is 2.27. The second kappa shape index (κ2) is 13.0. The van der Waals surface area contributed by atoms with Crippen LogP contribution in [0.1, 0.15) is 64.7 Å². The molecule has 0 amide bonds. The predicted molar refractivity (Wildman–Crippen MR) is 99.8 cm³/mol. The lowest BCUT2D eigenvalue weighted by Gasteiger charge is -2.17. The molecule has 0 spiro atoms. The van der Waals surface area contributed by atoms with Gasteiger partial charge in [0, 0.05) is 12.8 Å². The maximum absolute atomic E-state index is 10.5. The molecule has 1 aliphatic heterocycles. The molecule has 0 unspecified atom stereocenters. The van der Waals surface area contributed by atoms with Crippen molar-refractivity contribution in [3.63, 3.8) is 0 Å². The first-order valence-corrected chi connectivity index (χ1v) is 9.68. The normalized spacial score (nSPS) is 25.9. The summed E-state index contributed by atoms with van der Waals surface area (Å²) < 4.78 is 5.65. The summed E-state index contributed by atoms with van der Waals surface area (Å²) in [6, 6.07) is 0. The van der Waals surface area contributed by atoms with E-state index in [1.54, 1.807) is 6.08 Å². The van der Waals surface area contributed by atoms with Gasteiger partial charge in [-0.05, 0) is 32.1 Å². The number of hydrogen-bond donors (Lipinski definition) is 4. The van der Waals surface area contributed by atoms with Crippen molar-refractivity contribution in [2.24, 2.45) is 0 Å². The molecule has 5 atom stereocenters. The molecule has 1 aliphatic rings. The fourth-order valence-electron chi connectivity index (χ4n) is 3.01. The van der Waals surface area contributed by atoms with E-state index in [0.29, 0.717) is 25.7 Å². The molecule has 4 N–H and O–H groups in total. The number of allylic oxidation sites excluding steroid dienone is 1. The fraction of sp³-hybridized carbons (Fsp3) is 0.750. The molecule has 0 bridgehead atoms. The van der Waals surface area contributed by atoms with Crippen LogP contribution in [0, 0.1) is 0 Å². The zero-order valence-electron chi connectivity index (χ0n) is 15.7. The molecule has 150 valence electrons. The number of carboxylic acids is 1. The first-order chi connectivity index (χ1) is 12.4. The molecular weight excluding hydrogens is 336 g/mol. The lowest BCUT2D eigenvalue weighted by molar-refractivity contribution is -0.137. The summed E-state index contributed by atoms with van der Waals surface area (Å²) in [5.41, 5.74) is 0. The number of carboxylic acid groups (broad SMARTS) is 1. The van der Waals surface area contributed by atoms with Gasteiger partial charge in [0.05, 0.1) is 30.5 Å². The largest absolute Gasteiger partial charge is 0.481 e. The Kier molecular flexibility index (Phi) is 11.4. The van der Waals surface area contributed by atoms with Crippen molar-refractivity contribution in [2.75, 3.05) is 0 Å². The number of hydrogen-bond acceptors (Lipinski definition) is 5. The Balaban J connectivity index is 2.29. The molecule has 0 aromatic carbocycles. The Morgan fingerprint density at radius 3 is 2.65 bits per heavy atom. The van der Waals surface area contributed by atoms with Gasteiger partial charge in [0.15, 0.2) is 0 Å². The van der Waals surface area contributed by atoms with Gasteiger partial charge in [-0.25, -0.2) is 0 Å². The minimum absolute atomic E-state index is 0.0395. The summed E-state index contributed by atoms with van der Waals surface area (Å²) in [5, 5.41) is 38.7. The number of rotatable bonds is 13. The van der Waals surface area contributed by atoms with Crippen LogP contribution < -0.4 is 0 Å². The monoisotopic (exact) mass is 370 g/mol. The summed E-state index contributed by atoms with van der Waals surface area (Å²) >= 11 is 0. The molecule has 1 heterocycles. The molecule has 26 heavy (non-hydrogen) atoms. The van der Waals surface area contributed by atoms with Crippen molar-refractivity contribution in [3.8, 4) is 0 Å². The van der Waals surface area contributed by atoms with Crippen LogP contribution in [-0.2, 0) is 9.53 Å². The van der Waals surface area contributed by atoms with E-state index in [1.807, 2.05) is 6.08 Å². The van der Waals surface area contributed by atoms with Gasteiger partial charge in [0.2, 0.25) is 0 Å². The number of aliphatic hydroxyl groups is 3. The quantitative estimate of drug-likeness (QED) is 0.293. The average molecular weight is 370 g/mol. The molecule has 1 fully saturated rings. The van der Waals surface area contributed by atoms with E-state index in [-0.39, 0.29) is 6.42 Å². The molecule has 6 heteroatoms. The van der Waals surface area contributed by atoms with E-state index < -0.39 is 36.5 Å². The second-order valence-electron chi connectivity index (χ2n) is 6.95. The number of aliphatic hydroxyl groups excluding tert-OH is 3. The lowest BCUT2D eigenvalue weighted by atomic mass is 10.0. The molecular formula is C20H34O6. The third-order valence-corrected chi connectivity index (χ3v) is 4.56. The van der Waals surface area contributed by atoms with Gasteiger partial charge in [-0.3, -0.25) is 4.79 Å². The van der Waals surface area contributed by atoms with Gasteiger partial charge >= 0.3 is 5.97 Å². The van der Waals surface area contributed by atoms with E-state index >= 15 is 0 Å². The summed E-state index contributed by atoms with van der Waals surface area (Å²) in [7, 11) is 0. The molecule has 1 rings (SSSR count). The van der Waals surface area contributed by atoms with E-state index in [0.717, 1.165) is 12.8 Å². The maximum Gasteiger partial charge on any atom is 0.303 e. The Hall–Kier alpha value is -1.21. The van der Waals surface area contributed by atoms with Crippen LogP contribution in [0.3, 0.4) is 0 Å². The highest BCUT2D eigenvalue weighted by atomic mass is 16.5. The van der Waals surface area contributed by atoms with Crippen LogP contribution in [0.2, 0.25) is 0 Å². The smallest absolute Gasteiger partial charge is 0.303 e. The van der Waals surface area contributed by atoms with Crippen LogP contribution >= 0.6 is 0 Å². The zero-order chi connectivity index (χ0) is 19.4. The number of carbonyl (C=O) groups is 1. The fourth-order valence-corrected chi connectivity index (χ4v) is 3.01. The SMILES string of the molecule is CCCCC/C=C\C[C@H](O)/C=C\[C@@H](O)[C@@H]1C[C@H](O)[C@H](CCCC(=O)O)O1. The van der Waals surface area contributed by atoms with Crippen LogP contribution in [0.5, 0.6) is 0 Å². The molecule has 0 aromatic rings. The Morgan fingerprint density at radius 2 is 1.96 bits per heavy atom. The van der Waals surface area contributed by atoms with E-state index in [2.05, 4.69) is 13.0 Å². The first-order valence-electron chi connectivity index (χ1n) is 9.68. The number of aliphatic carboxylic acids is 1. The average Bonchev–Trinajstić information content (AvgIpc) is 2.96. The van der Waals surface area contributed by atoms with Crippen LogP contribution in [0.4, 0.5) is 0 Å². The highest BCUT2D eigenvalue weighted by molar-refractivity contribution is 5.66.